The van der Waals surface area contributed by atoms with Crippen LogP contribution in [0, 0.1) is 5.92 Å². The van der Waals surface area contributed by atoms with Crippen molar-refractivity contribution in [1.82, 2.24) is 10.2 Å². The van der Waals surface area contributed by atoms with E-state index in [1.165, 1.54) is 38.9 Å². The number of nitrogens with one attached hydrogen (secondary N) is 1. The average molecular weight is 184 g/mol. The number of likely N-dealkylation sites (N-methyl/N-ethyl adjacent to an activating group) is 1. The van der Waals surface area contributed by atoms with Gasteiger partial charge in [0.1, 0.15) is 0 Å². The van der Waals surface area contributed by atoms with E-state index in [9.17, 15) is 0 Å². The Morgan fingerprint density at radius 1 is 1.23 bits per heavy atom. The molecule has 0 bridgehead atoms. The number of rotatable bonds is 5. The van der Waals surface area contributed by atoms with E-state index in [2.05, 4.69) is 24.1 Å². The third-order valence-electron chi connectivity index (χ3n) is 3.14. The molecule has 0 aromatic heterocycles. The molecule has 1 N–H and O–H groups in total. The van der Waals surface area contributed by atoms with Crippen LogP contribution in [-0.2, 0) is 0 Å². The van der Waals surface area contributed by atoms with E-state index in [-0.39, 0.29) is 0 Å². The van der Waals surface area contributed by atoms with E-state index in [1.807, 2.05) is 0 Å². The van der Waals surface area contributed by atoms with Crippen molar-refractivity contribution in [1.29, 1.82) is 0 Å². The highest BCUT2D eigenvalue weighted by Crippen LogP contribution is 2.19. The lowest BCUT2D eigenvalue weighted by atomic mass is 9.94. The molecule has 1 fully saturated rings. The molecular formula is C11H24N2. The van der Waals surface area contributed by atoms with Crippen LogP contribution in [0.2, 0.25) is 0 Å². The molecule has 1 heterocycles. The Bertz CT molecular complexity index is 115. The topological polar surface area (TPSA) is 15.3 Å². The van der Waals surface area contributed by atoms with Crippen LogP contribution in [-0.4, -0.2) is 37.6 Å². The lowest BCUT2D eigenvalue weighted by molar-refractivity contribution is 0.183. The van der Waals surface area contributed by atoms with Gasteiger partial charge in [-0.2, -0.15) is 0 Å². The molecule has 0 aliphatic carbocycles. The first kappa shape index (κ1) is 11.0. The number of piperidine rings is 1. The molecule has 0 radical (unpaired) electrons. The van der Waals surface area contributed by atoms with Crippen LogP contribution in [0.15, 0.2) is 0 Å². The van der Waals surface area contributed by atoms with Gasteiger partial charge in [-0.05, 0) is 38.4 Å². The van der Waals surface area contributed by atoms with Gasteiger partial charge in [0.15, 0.2) is 0 Å². The number of hydrogen-bond acceptors (Lipinski definition) is 2. The Kier molecular flexibility index (Phi) is 5.40. The van der Waals surface area contributed by atoms with Crippen molar-refractivity contribution < 1.29 is 0 Å². The molecule has 0 atom stereocenters. The Hall–Kier alpha value is -0.0800. The second-order valence-corrected chi connectivity index (χ2v) is 4.05. The highest BCUT2D eigenvalue weighted by Gasteiger charge is 2.16. The predicted molar refractivity (Wildman–Crippen MR) is 58.0 cm³/mol. The van der Waals surface area contributed by atoms with Crippen molar-refractivity contribution in [3.05, 3.63) is 0 Å². The van der Waals surface area contributed by atoms with Gasteiger partial charge >= 0.3 is 0 Å². The van der Waals surface area contributed by atoms with E-state index < -0.39 is 0 Å². The molecule has 0 saturated carbocycles. The summed E-state index contributed by atoms with van der Waals surface area (Å²) in [5, 5.41) is 3.38. The number of hydrogen-bond donors (Lipinski definition) is 1. The monoisotopic (exact) mass is 184 g/mol. The first-order valence-electron chi connectivity index (χ1n) is 5.79. The minimum atomic E-state index is 1.01. The first-order valence-corrected chi connectivity index (χ1v) is 5.79. The average Bonchev–Trinajstić information content (AvgIpc) is 2.19. The fourth-order valence-corrected chi connectivity index (χ4v) is 2.03. The Balaban J connectivity index is 2.03. The van der Waals surface area contributed by atoms with Crippen molar-refractivity contribution in [3.8, 4) is 0 Å². The summed E-state index contributed by atoms with van der Waals surface area (Å²) in [6, 6.07) is 0. The van der Waals surface area contributed by atoms with Crippen LogP contribution < -0.4 is 5.32 Å². The van der Waals surface area contributed by atoms with Crippen molar-refractivity contribution >= 4 is 0 Å². The zero-order chi connectivity index (χ0) is 9.52. The summed E-state index contributed by atoms with van der Waals surface area (Å²) < 4.78 is 0. The molecule has 1 aliphatic rings. The second-order valence-electron chi connectivity index (χ2n) is 4.05. The fraction of sp³-hybridized carbons (Fsp3) is 1.00. The molecule has 1 rings (SSSR count). The van der Waals surface area contributed by atoms with Gasteiger partial charge in [-0.3, -0.25) is 0 Å². The van der Waals surface area contributed by atoms with Crippen LogP contribution >= 0.6 is 0 Å². The van der Waals surface area contributed by atoms with Gasteiger partial charge in [-0.15, -0.1) is 0 Å². The third kappa shape index (κ3) is 4.10. The molecule has 78 valence electrons. The zero-order valence-electron chi connectivity index (χ0n) is 9.18. The summed E-state index contributed by atoms with van der Waals surface area (Å²) in [7, 11) is 0. The normalized spacial score (nSPS) is 20.8. The van der Waals surface area contributed by atoms with Crippen molar-refractivity contribution in [2.45, 2.75) is 33.1 Å². The summed E-state index contributed by atoms with van der Waals surface area (Å²) >= 11 is 0. The smallest absolute Gasteiger partial charge is 0.0107 e. The summed E-state index contributed by atoms with van der Waals surface area (Å²) in [4.78, 5) is 2.59. The summed E-state index contributed by atoms with van der Waals surface area (Å²) in [5.41, 5.74) is 0. The minimum Gasteiger partial charge on any atom is -0.316 e. The van der Waals surface area contributed by atoms with E-state index in [4.69, 9.17) is 0 Å². The lowest BCUT2D eigenvalue weighted by Crippen LogP contribution is -2.38. The van der Waals surface area contributed by atoms with E-state index in [1.54, 1.807) is 0 Å². The third-order valence-corrected chi connectivity index (χ3v) is 3.14. The highest BCUT2D eigenvalue weighted by atomic mass is 15.1. The Morgan fingerprint density at radius 2 is 1.92 bits per heavy atom. The molecule has 2 heteroatoms. The van der Waals surface area contributed by atoms with Gasteiger partial charge in [-0.1, -0.05) is 20.3 Å². The van der Waals surface area contributed by atoms with E-state index in [0.29, 0.717) is 0 Å². The van der Waals surface area contributed by atoms with Gasteiger partial charge in [0.05, 0.1) is 0 Å². The second kappa shape index (κ2) is 6.39. The summed E-state index contributed by atoms with van der Waals surface area (Å²) in [6.07, 6.45) is 4.21. The first-order chi connectivity index (χ1) is 6.36. The SMILES string of the molecule is CCNCCN1CCC(CC)CC1. The van der Waals surface area contributed by atoms with Gasteiger partial charge in [0, 0.05) is 13.1 Å². The van der Waals surface area contributed by atoms with Crippen molar-refractivity contribution in [2.75, 3.05) is 32.7 Å². The molecule has 1 aliphatic heterocycles. The van der Waals surface area contributed by atoms with E-state index in [0.717, 1.165) is 19.0 Å². The van der Waals surface area contributed by atoms with Gasteiger partial charge in [-0.25, -0.2) is 0 Å². The molecule has 0 aromatic rings. The molecule has 0 aromatic carbocycles. The van der Waals surface area contributed by atoms with Crippen molar-refractivity contribution in [2.24, 2.45) is 5.92 Å². The quantitative estimate of drug-likeness (QED) is 0.654. The summed E-state index contributed by atoms with van der Waals surface area (Å²) in [5.74, 6) is 1.01. The zero-order valence-corrected chi connectivity index (χ0v) is 9.18. The maximum atomic E-state index is 3.38. The Labute approximate surface area is 82.7 Å². The molecule has 2 nitrogen and oxygen atoms in total. The maximum Gasteiger partial charge on any atom is 0.0107 e. The number of likely N-dealkylation sites (tertiary alicyclic amines) is 1. The Morgan fingerprint density at radius 3 is 2.46 bits per heavy atom. The molecule has 0 spiro atoms. The fourth-order valence-electron chi connectivity index (χ4n) is 2.03. The molecular weight excluding hydrogens is 160 g/mol. The van der Waals surface area contributed by atoms with Crippen LogP contribution in [0.4, 0.5) is 0 Å². The molecule has 0 amide bonds. The van der Waals surface area contributed by atoms with Gasteiger partial charge < -0.3 is 10.2 Å². The maximum absolute atomic E-state index is 3.38. The largest absolute Gasteiger partial charge is 0.316 e. The van der Waals surface area contributed by atoms with Crippen LogP contribution in [0.25, 0.3) is 0 Å². The summed E-state index contributed by atoms with van der Waals surface area (Å²) in [6.45, 7) is 10.6. The van der Waals surface area contributed by atoms with Crippen molar-refractivity contribution in [3.63, 3.8) is 0 Å². The lowest BCUT2D eigenvalue weighted by Gasteiger charge is -2.31. The van der Waals surface area contributed by atoms with Gasteiger partial charge in [0.2, 0.25) is 0 Å². The van der Waals surface area contributed by atoms with Crippen LogP contribution in [0.1, 0.15) is 33.1 Å². The highest BCUT2D eigenvalue weighted by molar-refractivity contribution is 4.71. The molecule has 0 unspecified atom stereocenters. The predicted octanol–water partition coefficient (Wildman–Crippen LogP) is 1.72. The molecule has 13 heavy (non-hydrogen) atoms. The minimum absolute atomic E-state index is 1.01. The standard InChI is InChI=1S/C11H24N2/c1-3-11-5-8-13(9-6-11)10-7-12-4-2/h11-12H,3-10H2,1-2H3. The van der Waals surface area contributed by atoms with Crippen LogP contribution in [0.3, 0.4) is 0 Å². The van der Waals surface area contributed by atoms with Gasteiger partial charge in [0.25, 0.3) is 0 Å². The number of nitrogens with zero attached hydrogens (tertiary/aromatic N) is 1. The van der Waals surface area contributed by atoms with Crippen LogP contribution in [0.5, 0.6) is 0 Å². The molecule has 1 saturated heterocycles. The van der Waals surface area contributed by atoms with E-state index >= 15 is 0 Å².